The molecule has 0 aromatic heterocycles. The summed E-state index contributed by atoms with van der Waals surface area (Å²) in [5.74, 6) is -2.66. The number of benzene rings is 4. The molecule has 1 aliphatic carbocycles. The fourth-order valence-electron chi connectivity index (χ4n) is 9.57. The zero-order valence-electron chi connectivity index (χ0n) is 33.5. The van der Waals surface area contributed by atoms with E-state index >= 15 is 0 Å². The SMILES string of the molecule is CCC/C(=C\c1ccc(O)cc1)CC[C@H]1OB(O)C[C@H]2C1=C(CO[Si](c1ccccc1)(c1ccccc1)C(C)(C)C)C[C@H]1C(=O)N(c3cccc([N+](=O)[O-])c3)C(=O)[C@H]12. The first-order chi connectivity index (χ1) is 27.8. The number of nitro groups is 1. The normalized spacial score (nSPS) is 21.3. The number of rotatable bonds is 13. The third-order valence-corrected chi connectivity index (χ3v) is 17.0. The first-order valence-electron chi connectivity index (χ1n) is 20.2. The zero-order valence-corrected chi connectivity index (χ0v) is 34.5. The highest BCUT2D eigenvalue weighted by atomic mass is 28.4. The van der Waals surface area contributed by atoms with Gasteiger partial charge in [-0.25, -0.2) is 4.90 Å². The third kappa shape index (κ3) is 7.98. The van der Waals surface area contributed by atoms with Crippen LogP contribution >= 0.6 is 0 Å². The van der Waals surface area contributed by atoms with Crippen molar-refractivity contribution in [2.75, 3.05) is 11.5 Å². The van der Waals surface area contributed by atoms with Crippen molar-refractivity contribution < 1.29 is 33.7 Å². The van der Waals surface area contributed by atoms with Gasteiger partial charge >= 0.3 is 7.12 Å². The van der Waals surface area contributed by atoms with Gasteiger partial charge in [0.15, 0.2) is 0 Å². The van der Waals surface area contributed by atoms with Crippen molar-refractivity contribution in [3.8, 4) is 5.75 Å². The van der Waals surface area contributed by atoms with Gasteiger partial charge in [-0.3, -0.25) is 19.7 Å². The van der Waals surface area contributed by atoms with E-state index in [-0.39, 0.29) is 41.5 Å². The van der Waals surface area contributed by atoms with E-state index < -0.39 is 56.0 Å². The first kappa shape index (κ1) is 41.0. The van der Waals surface area contributed by atoms with Crippen molar-refractivity contribution in [3.63, 3.8) is 0 Å². The molecule has 2 amide bonds. The van der Waals surface area contributed by atoms with Crippen LogP contribution in [0.25, 0.3) is 6.08 Å². The van der Waals surface area contributed by atoms with Crippen LogP contribution in [0.2, 0.25) is 11.4 Å². The van der Waals surface area contributed by atoms with Crippen LogP contribution in [-0.4, -0.2) is 55.0 Å². The molecule has 0 spiro atoms. The second-order valence-electron chi connectivity index (χ2n) is 16.7. The maximum absolute atomic E-state index is 14.5. The van der Waals surface area contributed by atoms with E-state index in [0.717, 1.165) is 44.8 Å². The summed E-state index contributed by atoms with van der Waals surface area (Å²) in [7, 11) is -4.21. The minimum Gasteiger partial charge on any atom is -0.508 e. The fourth-order valence-corrected chi connectivity index (χ4v) is 14.1. The molecule has 12 heteroatoms. The maximum Gasteiger partial charge on any atom is 0.455 e. The number of aromatic hydroxyl groups is 1. The van der Waals surface area contributed by atoms with E-state index in [1.54, 1.807) is 18.2 Å². The number of nitrogens with zero attached hydrogens (tertiary/aromatic N) is 2. The summed E-state index contributed by atoms with van der Waals surface area (Å²) >= 11 is 0. The number of imide groups is 1. The van der Waals surface area contributed by atoms with Gasteiger partial charge in [0.1, 0.15) is 5.75 Å². The summed E-state index contributed by atoms with van der Waals surface area (Å²) < 4.78 is 13.9. The highest BCUT2D eigenvalue weighted by Crippen LogP contribution is 2.52. The number of phenols is 1. The Morgan fingerprint density at radius 2 is 1.59 bits per heavy atom. The second-order valence-corrected chi connectivity index (χ2v) is 21.0. The summed E-state index contributed by atoms with van der Waals surface area (Å²) in [5.41, 5.74) is 3.93. The van der Waals surface area contributed by atoms with Crippen LogP contribution in [0.3, 0.4) is 0 Å². The van der Waals surface area contributed by atoms with Crippen LogP contribution in [0.5, 0.6) is 5.75 Å². The molecule has 4 aromatic carbocycles. The van der Waals surface area contributed by atoms with Gasteiger partial charge in [-0.05, 0) is 88.2 Å². The lowest BCUT2D eigenvalue weighted by Gasteiger charge is -2.46. The number of anilines is 1. The minimum atomic E-state index is -3.04. The lowest BCUT2D eigenvalue weighted by Crippen LogP contribution is -2.66. The Balaban J connectivity index is 1.32. The molecule has 4 aromatic rings. The number of carbonyl (C=O) groups excluding carboxylic acids is 2. The molecule has 0 unspecified atom stereocenters. The topological polar surface area (TPSA) is 139 Å². The van der Waals surface area contributed by atoms with Crippen LogP contribution in [0.1, 0.15) is 65.4 Å². The Kier molecular flexibility index (Phi) is 12.0. The van der Waals surface area contributed by atoms with Gasteiger partial charge < -0.3 is 19.2 Å². The standard InChI is InChI=1S/C46H51BN2O8Si/c1-5-13-31(26-32-20-23-36(50)24-21-32)22-25-41-42-33(30-56-58(46(2,3)4,37-16-8-6-9-17-37)38-18-10-7-11-19-38)27-39-43(40(42)29-47(53)57-41)45(52)48(44(39)51)34-14-12-15-35(28-34)49(54)55/h6-12,14-21,23-24,26,28,39-41,43,50,53H,5,13,22,25,27,29-30H2,1-4H3/b31-26+/t39-,40+,41-,43-/m1/s1. The molecule has 58 heavy (non-hydrogen) atoms. The molecule has 7 rings (SSSR count). The van der Waals surface area contributed by atoms with E-state index in [2.05, 4.69) is 58.0 Å². The quantitative estimate of drug-likeness (QED) is 0.0459. The van der Waals surface area contributed by atoms with Crippen molar-refractivity contribution in [3.05, 3.63) is 142 Å². The molecule has 2 heterocycles. The number of phenolic OH excluding ortho intramolecular Hbond substituents is 1. The van der Waals surface area contributed by atoms with Crippen molar-refractivity contribution in [2.45, 2.75) is 77.3 Å². The van der Waals surface area contributed by atoms with E-state index in [9.17, 15) is 29.8 Å². The lowest BCUT2D eigenvalue weighted by atomic mass is 9.58. The van der Waals surface area contributed by atoms with E-state index in [0.29, 0.717) is 12.8 Å². The fraction of sp³-hybridized carbons (Fsp3) is 0.348. The van der Waals surface area contributed by atoms with Gasteiger partial charge in [0.2, 0.25) is 11.8 Å². The van der Waals surface area contributed by atoms with E-state index in [1.165, 1.54) is 23.8 Å². The number of fused-ring (bicyclic) bond motifs is 3. The Labute approximate surface area is 341 Å². The van der Waals surface area contributed by atoms with Crippen molar-refractivity contribution in [1.29, 1.82) is 0 Å². The minimum absolute atomic E-state index is 0.128. The Hall–Kier alpha value is -5.14. The molecule has 0 saturated carbocycles. The molecule has 300 valence electrons. The molecule has 2 N–H and O–H groups in total. The summed E-state index contributed by atoms with van der Waals surface area (Å²) in [5, 5.41) is 34.9. The predicted molar refractivity (Wildman–Crippen MR) is 229 cm³/mol. The predicted octanol–water partition coefficient (Wildman–Crippen LogP) is 7.84. The van der Waals surface area contributed by atoms with Crippen molar-refractivity contribution in [1.82, 2.24) is 0 Å². The number of hydrogen-bond donors (Lipinski definition) is 2. The number of hydrogen-bond acceptors (Lipinski definition) is 8. The molecule has 4 atom stereocenters. The highest BCUT2D eigenvalue weighted by Gasteiger charge is 2.58. The van der Waals surface area contributed by atoms with Gasteiger partial charge in [0, 0.05) is 12.1 Å². The molecule has 0 radical (unpaired) electrons. The molecule has 0 bridgehead atoms. The van der Waals surface area contributed by atoms with Crippen molar-refractivity contribution in [2.24, 2.45) is 17.8 Å². The zero-order chi connectivity index (χ0) is 41.2. The first-order valence-corrected chi connectivity index (χ1v) is 22.1. The summed E-state index contributed by atoms with van der Waals surface area (Å²) in [6.45, 7) is 8.96. The molecule has 2 saturated heterocycles. The van der Waals surface area contributed by atoms with E-state index in [4.69, 9.17) is 9.08 Å². The van der Waals surface area contributed by atoms with Crippen LogP contribution < -0.4 is 15.3 Å². The third-order valence-electron chi connectivity index (χ3n) is 12.0. The average molecular weight is 799 g/mol. The van der Waals surface area contributed by atoms with Gasteiger partial charge in [0.25, 0.3) is 14.0 Å². The monoisotopic (exact) mass is 798 g/mol. The van der Waals surface area contributed by atoms with Gasteiger partial charge in [-0.15, -0.1) is 0 Å². The van der Waals surface area contributed by atoms with E-state index in [1.807, 2.05) is 48.5 Å². The number of carbonyl (C=O) groups is 2. The van der Waals surface area contributed by atoms with Crippen LogP contribution in [0.15, 0.2) is 126 Å². The van der Waals surface area contributed by atoms with Crippen molar-refractivity contribution >= 4 is 55.1 Å². The second kappa shape index (κ2) is 17.0. The lowest BCUT2D eigenvalue weighted by molar-refractivity contribution is -0.384. The molecule has 3 aliphatic rings. The van der Waals surface area contributed by atoms with Crippen LogP contribution in [-0.2, 0) is 18.7 Å². The Bertz CT molecular complexity index is 2170. The highest BCUT2D eigenvalue weighted by molar-refractivity contribution is 6.99. The van der Waals surface area contributed by atoms with Crippen LogP contribution in [0, 0.1) is 27.9 Å². The maximum atomic E-state index is 14.5. The molecule has 2 aliphatic heterocycles. The smallest absolute Gasteiger partial charge is 0.455 e. The number of non-ortho nitro benzene ring substituents is 1. The summed E-state index contributed by atoms with van der Waals surface area (Å²) in [4.78, 5) is 41.3. The Morgan fingerprint density at radius 1 is 0.931 bits per heavy atom. The number of amides is 2. The molecule has 10 nitrogen and oxygen atoms in total. The Morgan fingerprint density at radius 3 is 2.19 bits per heavy atom. The average Bonchev–Trinajstić information content (AvgIpc) is 3.46. The summed E-state index contributed by atoms with van der Waals surface area (Å²) in [6.07, 6.45) is 4.92. The number of allylic oxidation sites excluding steroid dienone is 1. The van der Waals surface area contributed by atoms with Gasteiger partial charge in [-0.1, -0.05) is 125 Å². The van der Waals surface area contributed by atoms with Crippen LogP contribution in [0.4, 0.5) is 11.4 Å². The molecular weight excluding hydrogens is 747 g/mol. The number of nitro benzene ring substituents is 1. The summed E-state index contributed by atoms with van der Waals surface area (Å²) in [6, 6.07) is 33.4. The van der Waals surface area contributed by atoms with Gasteiger partial charge in [-0.2, -0.15) is 0 Å². The van der Waals surface area contributed by atoms with Gasteiger partial charge in [0.05, 0.1) is 35.2 Å². The largest absolute Gasteiger partial charge is 0.508 e. The molecule has 2 fully saturated rings. The molecular formula is C46H51BN2O8Si.